The van der Waals surface area contributed by atoms with Crippen molar-refractivity contribution in [2.24, 2.45) is 11.8 Å². The second kappa shape index (κ2) is 7.17. The van der Waals surface area contributed by atoms with Crippen LogP contribution in [0.5, 0.6) is 0 Å². The first-order valence-corrected chi connectivity index (χ1v) is 8.41. The van der Waals surface area contributed by atoms with Crippen LogP contribution >= 0.6 is 11.8 Å². The van der Waals surface area contributed by atoms with Crippen molar-refractivity contribution in [2.75, 3.05) is 18.6 Å². The first-order chi connectivity index (χ1) is 8.92. The molecule has 19 heavy (non-hydrogen) atoms. The van der Waals surface area contributed by atoms with Gasteiger partial charge in [-0.3, -0.25) is 9.59 Å². The number of nitrogens with one attached hydrogen (secondary N) is 1. The van der Waals surface area contributed by atoms with E-state index in [4.69, 9.17) is 0 Å². The van der Waals surface area contributed by atoms with Crippen LogP contribution in [-0.4, -0.2) is 47.4 Å². The van der Waals surface area contributed by atoms with Gasteiger partial charge in [0, 0.05) is 6.54 Å². The van der Waals surface area contributed by atoms with Gasteiger partial charge in [0.2, 0.25) is 11.8 Å². The summed E-state index contributed by atoms with van der Waals surface area (Å²) in [5, 5.41) is 2.85. The molecule has 0 aliphatic carbocycles. The van der Waals surface area contributed by atoms with Crippen molar-refractivity contribution in [1.82, 2.24) is 10.2 Å². The Morgan fingerprint density at radius 1 is 1.32 bits per heavy atom. The van der Waals surface area contributed by atoms with Crippen LogP contribution in [0.15, 0.2) is 0 Å². The largest absolute Gasteiger partial charge is 0.343 e. The Balaban J connectivity index is 2.89. The van der Waals surface area contributed by atoms with E-state index in [0.29, 0.717) is 18.9 Å². The van der Waals surface area contributed by atoms with E-state index >= 15 is 0 Å². The summed E-state index contributed by atoms with van der Waals surface area (Å²) in [6, 6.07) is -0.663. The van der Waals surface area contributed by atoms with Gasteiger partial charge in [-0.05, 0) is 30.3 Å². The van der Waals surface area contributed by atoms with Gasteiger partial charge in [-0.25, -0.2) is 0 Å². The molecule has 1 fully saturated rings. The topological polar surface area (TPSA) is 49.4 Å². The second-order valence-electron chi connectivity index (χ2n) is 5.71. The van der Waals surface area contributed by atoms with Crippen LogP contribution in [0, 0.1) is 11.8 Å². The standard InChI is InChI=1S/C14H26N2O2S/c1-6-11-14(18)16(7-10(4)8-19-5)12(9(2)3)13(17)15-11/h9-12H,6-8H2,1-5H3,(H,15,17). The fourth-order valence-corrected chi connectivity index (χ4v) is 3.29. The lowest BCUT2D eigenvalue weighted by Crippen LogP contribution is -2.65. The van der Waals surface area contributed by atoms with Gasteiger partial charge in [-0.2, -0.15) is 11.8 Å². The number of hydrogen-bond acceptors (Lipinski definition) is 3. The van der Waals surface area contributed by atoms with Crippen molar-refractivity contribution in [3.05, 3.63) is 0 Å². The minimum absolute atomic E-state index is 0.00204. The van der Waals surface area contributed by atoms with Crippen LogP contribution in [0.25, 0.3) is 0 Å². The van der Waals surface area contributed by atoms with Crippen LogP contribution in [0.4, 0.5) is 0 Å². The molecule has 1 heterocycles. The van der Waals surface area contributed by atoms with Crippen LogP contribution in [0.2, 0.25) is 0 Å². The number of carbonyl (C=O) groups excluding carboxylic acids is 2. The summed E-state index contributed by atoms with van der Waals surface area (Å²) in [4.78, 5) is 26.5. The van der Waals surface area contributed by atoms with Gasteiger partial charge in [-0.15, -0.1) is 0 Å². The average molecular weight is 286 g/mol. The number of rotatable bonds is 6. The average Bonchev–Trinajstić information content (AvgIpc) is 2.33. The van der Waals surface area contributed by atoms with E-state index < -0.39 is 0 Å². The van der Waals surface area contributed by atoms with E-state index in [2.05, 4.69) is 18.5 Å². The molecule has 1 N–H and O–H groups in total. The van der Waals surface area contributed by atoms with Crippen LogP contribution in [0.3, 0.4) is 0 Å². The number of thioether (sulfide) groups is 1. The van der Waals surface area contributed by atoms with Crippen molar-refractivity contribution in [3.63, 3.8) is 0 Å². The summed E-state index contributed by atoms with van der Waals surface area (Å²) in [5.41, 5.74) is 0. The number of piperazine rings is 1. The normalized spacial score (nSPS) is 25.7. The van der Waals surface area contributed by atoms with E-state index in [9.17, 15) is 9.59 Å². The van der Waals surface area contributed by atoms with Crippen LogP contribution in [0.1, 0.15) is 34.1 Å². The molecule has 0 aromatic rings. The quantitative estimate of drug-likeness (QED) is 0.809. The Bertz CT molecular complexity index is 333. The van der Waals surface area contributed by atoms with Crippen LogP contribution in [-0.2, 0) is 9.59 Å². The first kappa shape index (κ1) is 16.3. The van der Waals surface area contributed by atoms with E-state index in [1.54, 1.807) is 16.7 Å². The molecular weight excluding hydrogens is 260 g/mol. The Hall–Kier alpha value is -0.710. The molecule has 4 nitrogen and oxygen atoms in total. The van der Waals surface area contributed by atoms with Gasteiger partial charge >= 0.3 is 0 Å². The monoisotopic (exact) mass is 286 g/mol. The SMILES string of the molecule is CCC1NC(=O)C(C(C)C)N(CC(C)CSC)C1=O. The summed E-state index contributed by atoms with van der Waals surface area (Å²) < 4.78 is 0. The molecular formula is C14H26N2O2S. The molecule has 1 aliphatic heterocycles. The predicted octanol–water partition coefficient (Wildman–Crippen LogP) is 1.75. The third kappa shape index (κ3) is 3.88. The maximum absolute atomic E-state index is 12.5. The molecule has 1 aliphatic rings. The smallest absolute Gasteiger partial charge is 0.245 e. The fourth-order valence-electron chi connectivity index (χ4n) is 2.61. The molecule has 0 spiro atoms. The minimum atomic E-state index is -0.344. The first-order valence-electron chi connectivity index (χ1n) is 7.02. The molecule has 0 aromatic heterocycles. The van der Waals surface area contributed by atoms with Crippen molar-refractivity contribution in [2.45, 2.75) is 46.2 Å². The zero-order valence-electron chi connectivity index (χ0n) is 12.6. The molecule has 110 valence electrons. The number of hydrogen-bond donors (Lipinski definition) is 1. The highest BCUT2D eigenvalue weighted by Gasteiger charge is 2.41. The van der Waals surface area contributed by atoms with Gasteiger partial charge in [-0.1, -0.05) is 27.7 Å². The Kier molecular flexibility index (Phi) is 6.17. The fraction of sp³-hybridized carbons (Fsp3) is 0.857. The third-order valence-electron chi connectivity index (χ3n) is 3.50. The number of nitrogens with zero attached hydrogens (tertiary/aromatic N) is 1. The van der Waals surface area contributed by atoms with E-state index in [1.165, 1.54) is 0 Å². The lowest BCUT2D eigenvalue weighted by atomic mass is 9.95. The van der Waals surface area contributed by atoms with Crippen molar-refractivity contribution in [1.29, 1.82) is 0 Å². The maximum atomic E-state index is 12.5. The Morgan fingerprint density at radius 3 is 2.42 bits per heavy atom. The van der Waals surface area contributed by atoms with Gasteiger partial charge in [0.25, 0.3) is 0 Å². The Labute approximate surface area is 120 Å². The highest BCUT2D eigenvalue weighted by atomic mass is 32.2. The molecule has 1 saturated heterocycles. The highest BCUT2D eigenvalue weighted by Crippen LogP contribution is 2.21. The molecule has 3 atom stereocenters. The zero-order chi connectivity index (χ0) is 14.6. The molecule has 0 bridgehead atoms. The minimum Gasteiger partial charge on any atom is -0.343 e. The predicted molar refractivity (Wildman–Crippen MR) is 80.1 cm³/mol. The van der Waals surface area contributed by atoms with Gasteiger partial charge in [0.05, 0.1) is 0 Å². The lowest BCUT2D eigenvalue weighted by molar-refractivity contribution is -0.151. The number of amides is 2. The van der Waals surface area contributed by atoms with Crippen LogP contribution < -0.4 is 5.32 Å². The third-order valence-corrected chi connectivity index (χ3v) is 4.40. The van der Waals surface area contributed by atoms with E-state index in [-0.39, 0.29) is 29.8 Å². The lowest BCUT2D eigenvalue weighted by Gasteiger charge is -2.41. The van der Waals surface area contributed by atoms with E-state index in [0.717, 1.165) is 5.75 Å². The summed E-state index contributed by atoms with van der Waals surface area (Å²) in [6.07, 6.45) is 2.72. The van der Waals surface area contributed by atoms with E-state index in [1.807, 2.05) is 20.8 Å². The molecule has 2 amide bonds. The summed E-state index contributed by atoms with van der Waals surface area (Å²) in [5.74, 6) is 1.63. The summed E-state index contributed by atoms with van der Waals surface area (Å²) >= 11 is 1.78. The summed E-state index contributed by atoms with van der Waals surface area (Å²) in [7, 11) is 0. The highest BCUT2D eigenvalue weighted by molar-refractivity contribution is 7.98. The van der Waals surface area contributed by atoms with Gasteiger partial charge in [0.15, 0.2) is 0 Å². The maximum Gasteiger partial charge on any atom is 0.245 e. The van der Waals surface area contributed by atoms with Crippen molar-refractivity contribution >= 4 is 23.6 Å². The van der Waals surface area contributed by atoms with Crippen molar-refractivity contribution in [3.8, 4) is 0 Å². The van der Waals surface area contributed by atoms with Gasteiger partial charge < -0.3 is 10.2 Å². The molecule has 1 rings (SSSR count). The summed E-state index contributed by atoms with van der Waals surface area (Å²) in [6.45, 7) is 8.73. The second-order valence-corrected chi connectivity index (χ2v) is 6.62. The van der Waals surface area contributed by atoms with Crippen molar-refractivity contribution < 1.29 is 9.59 Å². The van der Waals surface area contributed by atoms with Gasteiger partial charge in [0.1, 0.15) is 12.1 Å². The Morgan fingerprint density at radius 2 is 1.95 bits per heavy atom. The molecule has 3 unspecified atom stereocenters. The molecule has 0 saturated carbocycles. The molecule has 5 heteroatoms. The molecule has 0 aromatic carbocycles. The number of carbonyl (C=O) groups is 2. The molecule has 0 radical (unpaired) electrons. The zero-order valence-corrected chi connectivity index (χ0v) is 13.4.